The first-order valence-electron chi connectivity index (χ1n) is 8.13. The molecule has 1 saturated carbocycles. The third-order valence-electron chi connectivity index (χ3n) is 5.46. The predicted octanol–water partition coefficient (Wildman–Crippen LogP) is 4.42. The summed E-state index contributed by atoms with van der Waals surface area (Å²) in [5.41, 5.74) is 7.73. The highest BCUT2D eigenvalue weighted by molar-refractivity contribution is 9.10. The van der Waals surface area contributed by atoms with Gasteiger partial charge in [0.25, 0.3) is 0 Å². The minimum Gasteiger partial charge on any atom is -0.329 e. The second-order valence-electron chi connectivity index (χ2n) is 6.96. The van der Waals surface area contributed by atoms with Crippen molar-refractivity contribution >= 4 is 15.9 Å². The van der Waals surface area contributed by atoms with E-state index in [2.05, 4.69) is 66.0 Å². The average molecular weight is 353 g/mol. The van der Waals surface area contributed by atoms with Gasteiger partial charge in [0.2, 0.25) is 0 Å². The lowest BCUT2D eigenvalue weighted by Gasteiger charge is -2.47. The van der Waals surface area contributed by atoms with E-state index in [1.165, 1.54) is 35.7 Å². The molecular weight excluding hydrogens is 324 g/mol. The highest BCUT2D eigenvalue weighted by atomic mass is 79.9. The highest BCUT2D eigenvalue weighted by Gasteiger charge is 2.38. The summed E-state index contributed by atoms with van der Waals surface area (Å²) in [4.78, 5) is 2.49. The minimum absolute atomic E-state index is 0.181. The Bertz CT molecular complexity index is 450. The topological polar surface area (TPSA) is 29.3 Å². The summed E-state index contributed by atoms with van der Waals surface area (Å²) in [6.45, 7) is 6.43. The van der Waals surface area contributed by atoms with Gasteiger partial charge >= 0.3 is 0 Å². The van der Waals surface area contributed by atoms with Crippen molar-refractivity contribution in [2.24, 2.45) is 17.6 Å². The van der Waals surface area contributed by atoms with Gasteiger partial charge in [-0.15, -0.1) is 0 Å². The Balaban J connectivity index is 2.06. The molecule has 0 unspecified atom stereocenters. The molecule has 2 N–H and O–H groups in total. The first-order valence-corrected chi connectivity index (χ1v) is 8.92. The van der Waals surface area contributed by atoms with Crippen LogP contribution in [0.25, 0.3) is 0 Å². The molecule has 0 bridgehead atoms. The zero-order chi connectivity index (χ0) is 15.5. The fraction of sp³-hybridized carbons (Fsp3) is 0.667. The van der Waals surface area contributed by atoms with Gasteiger partial charge in [0.05, 0.1) is 0 Å². The molecule has 0 aromatic heterocycles. The van der Waals surface area contributed by atoms with Gasteiger partial charge in [0.1, 0.15) is 0 Å². The van der Waals surface area contributed by atoms with Crippen LogP contribution in [0.5, 0.6) is 0 Å². The molecule has 2 rings (SSSR count). The van der Waals surface area contributed by atoms with Crippen molar-refractivity contribution in [2.75, 3.05) is 13.6 Å². The van der Waals surface area contributed by atoms with E-state index < -0.39 is 0 Å². The Morgan fingerprint density at radius 2 is 1.90 bits per heavy atom. The predicted molar refractivity (Wildman–Crippen MR) is 94.2 cm³/mol. The van der Waals surface area contributed by atoms with E-state index in [1.54, 1.807) is 0 Å². The number of nitrogens with two attached hydrogens (primary N) is 1. The second-order valence-corrected chi connectivity index (χ2v) is 7.81. The van der Waals surface area contributed by atoms with Gasteiger partial charge < -0.3 is 5.73 Å². The Kier molecular flexibility index (Phi) is 5.87. The molecule has 1 aliphatic carbocycles. The van der Waals surface area contributed by atoms with Crippen molar-refractivity contribution in [1.29, 1.82) is 0 Å². The zero-order valence-electron chi connectivity index (χ0n) is 13.6. The molecule has 1 aromatic carbocycles. The van der Waals surface area contributed by atoms with Crippen LogP contribution in [-0.2, 0) is 6.54 Å². The zero-order valence-corrected chi connectivity index (χ0v) is 15.2. The van der Waals surface area contributed by atoms with Gasteiger partial charge in [0, 0.05) is 23.1 Å². The maximum atomic E-state index is 6.20. The SMILES string of the molecule is CC(C)C1CCC(CN)(N(C)Cc2ccccc2Br)CC1. The van der Waals surface area contributed by atoms with Crippen LogP contribution in [0.1, 0.15) is 45.1 Å². The molecule has 3 heteroatoms. The Morgan fingerprint density at radius 1 is 1.29 bits per heavy atom. The van der Waals surface area contributed by atoms with Crippen LogP contribution in [0, 0.1) is 11.8 Å². The van der Waals surface area contributed by atoms with E-state index in [-0.39, 0.29) is 5.54 Å². The van der Waals surface area contributed by atoms with Gasteiger partial charge in [-0.3, -0.25) is 4.90 Å². The van der Waals surface area contributed by atoms with Crippen molar-refractivity contribution in [2.45, 2.75) is 51.6 Å². The summed E-state index contributed by atoms with van der Waals surface area (Å²) in [5.74, 6) is 1.68. The Hall–Kier alpha value is -0.380. The van der Waals surface area contributed by atoms with Crippen LogP contribution in [0.3, 0.4) is 0 Å². The lowest BCUT2D eigenvalue weighted by Crippen LogP contribution is -2.54. The van der Waals surface area contributed by atoms with Gasteiger partial charge in [-0.05, 0) is 56.2 Å². The normalized spacial score (nSPS) is 26.5. The maximum absolute atomic E-state index is 6.20. The van der Waals surface area contributed by atoms with Gasteiger partial charge in [-0.1, -0.05) is 48.0 Å². The summed E-state index contributed by atoms with van der Waals surface area (Å²) >= 11 is 3.66. The largest absolute Gasteiger partial charge is 0.329 e. The molecule has 1 aromatic rings. The number of nitrogens with zero attached hydrogens (tertiary/aromatic N) is 1. The summed E-state index contributed by atoms with van der Waals surface area (Å²) in [7, 11) is 2.24. The van der Waals surface area contributed by atoms with Gasteiger partial charge in [-0.2, -0.15) is 0 Å². The molecular formula is C18H29BrN2. The van der Waals surface area contributed by atoms with E-state index >= 15 is 0 Å². The van der Waals surface area contributed by atoms with Crippen molar-refractivity contribution in [3.8, 4) is 0 Å². The fourth-order valence-electron chi connectivity index (χ4n) is 3.64. The van der Waals surface area contributed by atoms with E-state index in [1.807, 2.05) is 0 Å². The molecule has 0 atom stereocenters. The first kappa shape index (κ1) is 17.0. The summed E-state index contributed by atoms with van der Waals surface area (Å²) in [5, 5.41) is 0. The molecule has 0 aliphatic heterocycles. The molecule has 21 heavy (non-hydrogen) atoms. The number of hydrogen-bond acceptors (Lipinski definition) is 2. The Morgan fingerprint density at radius 3 is 2.43 bits per heavy atom. The van der Waals surface area contributed by atoms with Crippen molar-refractivity contribution in [3.63, 3.8) is 0 Å². The fourth-order valence-corrected chi connectivity index (χ4v) is 4.05. The number of benzene rings is 1. The molecule has 0 spiro atoms. The van der Waals surface area contributed by atoms with Crippen molar-refractivity contribution in [1.82, 2.24) is 4.90 Å². The maximum Gasteiger partial charge on any atom is 0.0332 e. The summed E-state index contributed by atoms with van der Waals surface area (Å²) in [6.07, 6.45) is 5.09. The third kappa shape index (κ3) is 3.88. The van der Waals surface area contributed by atoms with Crippen LogP contribution in [0.4, 0.5) is 0 Å². The molecule has 0 heterocycles. The van der Waals surface area contributed by atoms with Crippen LogP contribution in [0.2, 0.25) is 0 Å². The number of rotatable bonds is 5. The molecule has 118 valence electrons. The summed E-state index contributed by atoms with van der Waals surface area (Å²) in [6, 6.07) is 8.50. The highest BCUT2D eigenvalue weighted by Crippen LogP contribution is 2.39. The van der Waals surface area contributed by atoms with Gasteiger partial charge in [-0.25, -0.2) is 0 Å². The molecule has 0 saturated heterocycles. The molecule has 1 fully saturated rings. The lowest BCUT2D eigenvalue weighted by molar-refractivity contribution is 0.0496. The van der Waals surface area contributed by atoms with Crippen LogP contribution in [0.15, 0.2) is 28.7 Å². The lowest BCUT2D eigenvalue weighted by atomic mass is 9.72. The smallest absolute Gasteiger partial charge is 0.0332 e. The first-order chi connectivity index (χ1) is 9.98. The molecule has 2 nitrogen and oxygen atoms in total. The van der Waals surface area contributed by atoms with E-state index in [9.17, 15) is 0 Å². The average Bonchev–Trinajstić information content (AvgIpc) is 2.49. The molecule has 0 radical (unpaired) electrons. The van der Waals surface area contributed by atoms with Crippen LogP contribution < -0.4 is 5.73 Å². The quantitative estimate of drug-likeness (QED) is 0.849. The van der Waals surface area contributed by atoms with E-state index in [4.69, 9.17) is 5.73 Å². The van der Waals surface area contributed by atoms with Crippen LogP contribution >= 0.6 is 15.9 Å². The third-order valence-corrected chi connectivity index (χ3v) is 6.23. The van der Waals surface area contributed by atoms with E-state index in [0.29, 0.717) is 0 Å². The number of halogens is 1. The summed E-state index contributed by atoms with van der Waals surface area (Å²) < 4.78 is 1.19. The second kappa shape index (κ2) is 7.26. The van der Waals surface area contributed by atoms with Crippen molar-refractivity contribution < 1.29 is 0 Å². The number of likely N-dealkylation sites (N-methyl/N-ethyl adjacent to an activating group) is 1. The monoisotopic (exact) mass is 352 g/mol. The number of hydrogen-bond donors (Lipinski definition) is 1. The Labute approximate surface area is 138 Å². The van der Waals surface area contributed by atoms with E-state index in [0.717, 1.165) is 24.9 Å². The van der Waals surface area contributed by atoms with Crippen molar-refractivity contribution in [3.05, 3.63) is 34.3 Å². The van der Waals surface area contributed by atoms with Crippen LogP contribution in [-0.4, -0.2) is 24.0 Å². The van der Waals surface area contributed by atoms with Gasteiger partial charge in [0.15, 0.2) is 0 Å². The molecule has 0 amide bonds. The molecule has 1 aliphatic rings. The minimum atomic E-state index is 0.181. The standard InChI is InChI=1S/C18H29BrN2/c1-14(2)15-8-10-18(13-20,11-9-15)21(3)12-16-6-4-5-7-17(16)19/h4-7,14-15H,8-13,20H2,1-3H3.